The summed E-state index contributed by atoms with van der Waals surface area (Å²) in [5, 5.41) is 0. The second kappa shape index (κ2) is 12.3. The van der Waals surface area contributed by atoms with Crippen LogP contribution >= 0.6 is 0 Å². The van der Waals surface area contributed by atoms with Crippen molar-refractivity contribution in [2.24, 2.45) is 17.8 Å². The Bertz CT molecular complexity index is 284. The van der Waals surface area contributed by atoms with Gasteiger partial charge in [0.2, 0.25) is 0 Å². The van der Waals surface area contributed by atoms with E-state index in [2.05, 4.69) is 13.8 Å². The van der Waals surface area contributed by atoms with Gasteiger partial charge in [-0.3, -0.25) is 0 Å². The normalized spacial score (nSPS) is 31.2. The minimum Gasteiger partial charge on any atom is -0.378 e. The Morgan fingerprint density at radius 3 is 1.83 bits per heavy atom. The number of unbranched alkanes of at least 4 members (excludes halogenated alkanes) is 5. The Balaban J connectivity index is 1.53. The molecule has 0 aromatic rings. The van der Waals surface area contributed by atoms with E-state index >= 15 is 0 Å². The number of ether oxygens (including phenoxy) is 1. The summed E-state index contributed by atoms with van der Waals surface area (Å²) in [6.45, 7) is 5.61. The highest BCUT2D eigenvalue weighted by Gasteiger charge is 2.30. The molecule has 1 heteroatoms. The van der Waals surface area contributed by atoms with Crippen molar-refractivity contribution >= 4 is 0 Å². The Kier molecular flexibility index (Phi) is 10.4. The van der Waals surface area contributed by atoms with Gasteiger partial charge in [0.15, 0.2) is 0 Å². The molecule has 142 valence electrons. The zero-order valence-corrected chi connectivity index (χ0v) is 16.7. The lowest BCUT2D eigenvalue weighted by atomic mass is 9.70. The molecule has 0 N–H and O–H groups in total. The third kappa shape index (κ3) is 7.46. The first kappa shape index (κ1) is 20.3. The van der Waals surface area contributed by atoms with Crippen LogP contribution in [0.5, 0.6) is 0 Å². The molecule has 2 fully saturated rings. The van der Waals surface area contributed by atoms with Gasteiger partial charge in [-0.15, -0.1) is 0 Å². The van der Waals surface area contributed by atoms with Crippen molar-refractivity contribution in [3.63, 3.8) is 0 Å². The van der Waals surface area contributed by atoms with Crippen LogP contribution in [-0.2, 0) is 4.74 Å². The highest BCUT2D eigenvalue weighted by atomic mass is 16.5. The summed E-state index contributed by atoms with van der Waals surface area (Å²) < 4.78 is 6.14. The lowest BCUT2D eigenvalue weighted by Gasteiger charge is -2.38. The standard InChI is InChI=1S/C23H44O/c1-3-5-7-9-19-24-23-17-15-22(16-18-23)21-13-11-20(12-14-21)10-8-6-4-2/h20-23H,3-19H2,1-2H3/t20-,21-,22-,23-. The highest BCUT2D eigenvalue weighted by Crippen LogP contribution is 2.41. The van der Waals surface area contributed by atoms with Gasteiger partial charge in [-0.2, -0.15) is 0 Å². The zero-order valence-electron chi connectivity index (χ0n) is 16.7. The maximum atomic E-state index is 6.14. The van der Waals surface area contributed by atoms with E-state index in [9.17, 15) is 0 Å². The summed E-state index contributed by atoms with van der Waals surface area (Å²) in [4.78, 5) is 0. The number of rotatable bonds is 11. The first-order valence-electron chi connectivity index (χ1n) is 11.4. The summed E-state index contributed by atoms with van der Waals surface area (Å²) in [7, 11) is 0. The maximum Gasteiger partial charge on any atom is 0.0575 e. The smallest absolute Gasteiger partial charge is 0.0575 e. The number of hydrogen-bond donors (Lipinski definition) is 0. The van der Waals surface area contributed by atoms with Crippen molar-refractivity contribution in [1.29, 1.82) is 0 Å². The van der Waals surface area contributed by atoms with Gasteiger partial charge in [0.05, 0.1) is 6.10 Å². The van der Waals surface area contributed by atoms with E-state index in [0.29, 0.717) is 6.10 Å². The quantitative estimate of drug-likeness (QED) is 0.354. The SMILES string of the molecule is CCCCCCO[C@H]1CC[C@H]([C@H]2CC[C@H](CCCCC)CC2)CC1. The molecule has 2 saturated carbocycles. The van der Waals surface area contributed by atoms with Crippen LogP contribution in [0.1, 0.15) is 117 Å². The molecule has 0 spiro atoms. The lowest BCUT2D eigenvalue weighted by molar-refractivity contribution is 0.00529. The fourth-order valence-corrected chi connectivity index (χ4v) is 5.14. The Hall–Kier alpha value is -0.0400. The van der Waals surface area contributed by atoms with Crippen LogP contribution in [0.2, 0.25) is 0 Å². The van der Waals surface area contributed by atoms with Crippen LogP contribution in [0.15, 0.2) is 0 Å². The molecule has 0 atom stereocenters. The lowest BCUT2D eigenvalue weighted by Crippen LogP contribution is -2.28. The highest BCUT2D eigenvalue weighted by molar-refractivity contribution is 4.82. The minimum atomic E-state index is 0.591. The van der Waals surface area contributed by atoms with Crippen LogP contribution in [0.25, 0.3) is 0 Å². The predicted octanol–water partition coefficient (Wildman–Crippen LogP) is 7.53. The summed E-state index contributed by atoms with van der Waals surface area (Å²) in [5.41, 5.74) is 0. The second-order valence-corrected chi connectivity index (χ2v) is 8.74. The van der Waals surface area contributed by atoms with Crippen LogP contribution in [-0.4, -0.2) is 12.7 Å². The fraction of sp³-hybridized carbons (Fsp3) is 1.00. The molecule has 0 aromatic carbocycles. The molecule has 2 rings (SSSR count). The zero-order chi connectivity index (χ0) is 17.0. The van der Waals surface area contributed by atoms with E-state index in [1.165, 1.54) is 103 Å². The Morgan fingerprint density at radius 2 is 1.21 bits per heavy atom. The van der Waals surface area contributed by atoms with Crippen LogP contribution in [0.4, 0.5) is 0 Å². The van der Waals surface area contributed by atoms with E-state index < -0.39 is 0 Å². The Labute approximate surface area is 152 Å². The minimum absolute atomic E-state index is 0.591. The largest absolute Gasteiger partial charge is 0.378 e. The van der Waals surface area contributed by atoms with Crippen molar-refractivity contribution in [2.45, 2.75) is 123 Å². The molecule has 1 nitrogen and oxygen atoms in total. The Morgan fingerprint density at radius 1 is 0.625 bits per heavy atom. The fourth-order valence-electron chi connectivity index (χ4n) is 5.14. The summed E-state index contributed by atoms with van der Waals surface area (Å²) in [6.07, 6.45) is 23.4. The van der Waals surface area contributed by atoms with Gasteiger partial charge in [0, 0.05) is 6.61 Å². The molecule has 2 aliphatic carbocycles. The van der Waals surface area contributed by atoms with Crippen LogP contribution < -0.4 is 0 Å². The molecule has 0 bridgehead atoms. The topological polar surface area (TPSA) is 9.23 Å². The van der Waals surface area contributed by atoms with Crippen LogP contribution in [0, 0.1) is 17.8 Å². The molecule has 0 unspecified atom stereocenters. The molecular weight excluding hydrogens is 292 g/mol. The molecule has 0 radical (unpaired) electrons. The van der Waals surface area contributed by atoms with E-state index in [1.807, 2.05) is 0 Å². The predicted molar refractivity (Wildman–Crippen MR) is 105 cm³/mol. The van der Waals surface area contributed by atoms with Crippen molar-refractivity contribution in [3.05, 3.63) is 0 Å². The van der Waals surface area contributed by atoms with E-state index in [0.717, 1.165) is 24.4 Å². The summed E-state index contributed by atoms with van der Waals surface area (Å²) in [6, 6.07) is 0. The molecule has 0 heterocycles. The summed E-state index contributed by atoms with van der Waals surface area (Å²) >= 11 is 0. The second-order valence-electron chi connectivity index (χ2n) is 8.74. The van der Waals surface area contributed by atoms with E-state index in [-0.39, 0.29) is 0 Å². The van der Waals surface area contributed by atoms with Crippen LogP contribution in [0.3, 0.4) is 0 Å². The van der Waals surface area contributed by atoms with E-state index in [4.69, 9.17) is 4.74 Å². The van der Waals surface area contributed by atoms with Gasteiger partial charge in [-0.05, 0) is 62.7 Å². The first-order chi connectivity index (χ1) is 11.8. The van der Waals surface area contributed by atoms with E-state index in [1.54, 1.807) is 0 Å². The van der Waals surface area contributed by atoms with Crippen molar-refractivity contribution < 1.29 is 4.74 Å². The molecule has 0 saturated heterocycles. The van der Waals surface area contributed by atoms with Gasteiger partial charge in [-0.1, -0.05) is 71.6 Å². The first-order valence-corrected chi connectivity index (χ1v) is 11.4. The average molecular weight is 337 g/mol. The van der Waals surface area contributed by atoms with Gasteiger partial charge >= 0.3 is 0 Å². The molecule has 0 amide bonds. The molecule has 2 aliphatic rings. The van der Waals surface area contributed by atoms with Gasteiger partial charge in [0.1, 0.15) is 0 Å². The van der Waals surface area contributed by atoms with Crippen molar-refractivity contribution in [3.8, 4) is 0 Å². The summed E-state index contributed by atoms with van der Waals surface area (Å²) in [5.74, 6) is 3.15. The number of hydrogen-bond acceptors (Lipinski definition) is 1. The maximum absolute atomic E-state index is 6.14. The molecule has 0 aromatic heterocycles. The van der Waals surface area contributed by atoms with Gasteiger partial charge < -0.3 is 4.74 Å². The van der Waals surface area contributed by atoms with Crippen molar-refractivity contribution in [2.75, 3.05) is 6.61 Å². The van der Waals surface area contributed by atoms with Crippen molar-refractivity contribution in [1.82, 2.24) is 0 Å². The molecule has 0 aliphatic heterocycles. The third-order valence-electron chi connectivity index (χ3n) is 6.84. The average Bonchev–Trinajstić information content (AvgIpc) is 2.63. The third-order valence-corrected chi connectivity index (χ3v) is 6.84. The molecular formula is C23H44O. The van der Waals surface area contributed by atoms with Gasteiger partial charge in [-0.25, -0.2) is 0 Å². The van der Waals surface area contributed by atoms with Gasteiger partial charge in [0.25, 0.3) is 0 Å². The molecule has 24 heavy (non-hydrogen) atoms. The monoisotopic (exact) mass is 336 g/mol.